The topological polar surface area (TPSA) is 44.8 Å². The molecule has 1 aliphatic carbocycles. The van der Waals surface area contributed by atoms with Crippen molar-refractivity contribution in [3.8, 4) is 22.5 Å². The summed E-state index contributed by atoms with van der Waals surface area (Å²) in [6, 6.07) is 26.4. The standard InChI is InChI=1S/C31H28N4/c1-20-26(30-27-17-28(22-6-3-2-4-7-22)34-31(27)33-19-32-30)8-5-9-29(20)35-15-14-24-16-23(21-10-11-21)12-13-25(24)18-35/h2-9,12-13,16-17,19,21H,10-11,14-15,18H2,1H3,(H,32,33,34). The molecule has 0 unspecified atom stereocenters. The van der Waals surface area contributed by atoms with Crippen LogP contribution in [0.15, 0.2) is 79.1 Å². The van der Waals surface area contributed by atoms with Crippen LogP contribution in [0.1, 0.15) is 41.0 Å². The van der Waals surface area contributed by atoms with Gasteiger partial charge in [-0.25, -0.2) is 9.97 Å². The maximum atomic E-state index is 4.75. The van der Waals surface area contributed by atoms with Crippen molar-refractivity contribution >= 4 is 16.7 Å². The molecule has 3 aromatic carbocycles. The Kier molecular flexibility index (Phi) is 4.73. The first kappa shape index (κ1) is 20.5. The number of anilines is 1. The Morgan fingerprint density at radius 1 is 0.886 bits per heavy atom. The fraction of sp³-hybridized carbons (Fsp3) is 0.226. The van der Waals surface area contributed by atoms with Crippen molar-refractivity contribution in [1.29, 1.82) is 0 Å². The molecule has 2 aromatic heterocycles. The van der Waals surface area contributed by atoms with E-state index in [9.17, 15) is 0 Å². The van der Waals surface area contributed by atoms with Crippen LogP contribution >= 0.6 is 0 Å². The van der Waals surface area contributed by atoms with Crippen LogP contribution in [0.2, 0.25) is 0 Å². The van der Waals surface area contributed by atoms with Crippen LogP contribution in [-0.2, 0) is 13.0 Å². The quantitative estimate of drug-likeness (QED) is 0.315. The molecule has 5 aromatic rings. The van der Waals surface area contributed by atoms with Crippen LogP contribution < -0.4 is 4.90 Å². The monoisotopic (exact) mass is 456 g/mol. The second kappa shape index (κ2) is 8.09. The number of aromatic amines is 1. The second-order valence-electron chi connectivity index (χ2n) is 9.96. The van der Waals surface area contributed by atoms with Crippen molar-refractivity contribution in [2.75, 3.05) is 11.4 Å². The SMILES string of the molecule is Cc1c(-c2ncnc3[nH]c(-c4ccccc4)cc23)cccc1N1CCc2cc(C3CC3)ccc2C1. The van der Waals surface area contributed by atoms with Crippen molar-refractivity contribution in [2.45, 2.75) is 38.6 Å². The third-order valence-electron chi connectivity index (χ3n) is 7.70. The van der Waals surface area contributed by atoms with Crippen LogP contribution in [0.4, 0.5) is 5.69 Å². The summed E-state index contributed by atoms with van der Waals surface area (Å²) < 4.78 is 0. The van der Waals surface area contributed by atoms with Gasteiger partial charge < -0.3 is 9.88 Å². The van der Waals surface area contributed by atoms with E-state index < -0.39 is 0 Å². The van der Waals surface area contributed by atoms with Crippen molar-refractivity contribution in [1.82, 2.24) is 15.0 Å². The third-order valence-corrected chi connectivity index (χ3v) is 7.70. The van der Waals surface area contributed by atoms with E-state index in [-0.39, 0.29) is 0 Å². The fourth-order valence-electron chi connectivity index (χ4n) is 5.60. The lowest BCUT2D eigenvalue weighted by Gasteiger charge is -2.32. The predicted molar refractivity (Wildman–Crippen MR) is 143 cm³/mol. The van der Waals surface area contributed by atoms with Crippen molar-refractivity contribution in [3.05, 3.63) is 101 Å². The highest BCUT2D eigenvalue weighted by molar-refractivity contribution is 5.95. The molecule has 0 saturated heterocycles. The normalized spacial score (nSPS) is 15.4. The van der Waals surface area contributed by atoms with Gasteiger partial charge in [0.2, 0.25) is 0 Å². The maximum Gasteiger partial charge on any atom is 0.141 e. The number of aromatic nitrogens is 3. The highest BCUT2D eigenvalue weighted by atomic mass is 15.1. The fourth-order valence-corrected chi connectivity index (χ4v) is 5.60. The summed E-state index contributed by atoms with van der Waals surface area (Å²) >= 11 is 0. The molecule has 7 rings (SSSR count). The van der Waals surface area contributed by atoms with Gasteiger partial charge in [-0.15, -0.1) is 0 Å². The molecule has 3 heterocycles. The van der Waals surface area contributed by atoms with E-state index in [0.717, 1.165) is 53.4 Å². The Hall–Kier alpha value is -3.92. The third kappa shape index (κ3) is 3.61. The minimum absolute atomic E-state index is 0.817. The highest BCUT2D eigenvalue weighted by Gasteiger charge is 2.26. The van der Waals surface area contributed by atoms with Gasteiger partial charge in [-0.3, -0.25) is 0 Å². The number of nitrogens with one attached hydrogen (secondary N) is 1. The molecule has 4 heteroatoms. The Morgan fingerprint density at radius 2 is 1.77 bits per heavy atom. The zero-order valence-electron chi connectivity index (χ0n) is 20.0. The van der Waals surface area contributed by atoms with E-state index in [1.807, 2.05) is 6.07 Å². The van der Waals surface area contributed by atoms with Gasteiger partial charge in [0.1, 0.15) is 12.0 Å². The molecule has 0 atom stereocenters. The molecule has 1 fully saturated rings. The van der Waals surface area contributed by atoms with Gasteiger partial charge in [0, 0.05) is 35.4 Å². The van der Waals surface area contributed by atoms with Crippen LogP contribution in [0.3, 0.4) is 0 Å². The largest absolute Gasteiger partial charge is 0.367 e. The molecule has 0 bridgehead atoms. The molecule has 1 saturated carbocycles. The lowest BCUT2D eigenvalue weighted by molar-refractivity contribution is 0.728. The Morgan fingerprint density at radius 3 is 2.63 bits per heavy atom. The summed E-state index contributed by atoms with van der Waals surface area (Å²) in [5, 5.41) is 1.06. The lowest BCUT2D eigenvalue weighted by Crippen LogP contribution is -2.31. The van der Waals surface area contributed by atoms with Crippen LogP contribution in [-0.4, -0.2) is 21.5 Å². The number of hydrogen-bond acceptors (Lipinski definition) is 3. The number of hydrogen-bond donors (Lipinski definition) is 1. The number of H-pyrrole nitrogens is 1. The molecule has 2 aliphatic rings. The Labute approximate surface area is 205 Å². The maximum absolute atomic E-state index is 4.75. The molecule has 0 radical (unpaired) electrons. The van der Waals surface area contributed by atoms with E-state index in [0.29, 0.717) is 0 Å². The van der Waals surface area contributed by atoms with Crippen molar-refractivity contribution in [3.63, 3.8) is 0 Å². The lowest BCUT2D eigenvalue weighted by atomic mass is 9.94. The molecule has 1 N–H and O–H groups in total. The van der Waals surface area contributed by atoms with Gasteiger partial charge in [0.15, 0.2) is 0 Å². The number of benzene rings is 3. The molecule has 0 amide bonds. The van der Waals surface area contributed by atoms with Gasteiger partial charge in [0.25, 0.3) is 0 Å². The minimum atomic E-state index is 0.817. The summed E-state index contributed by atoms with van der Waals surface area (Å²) in [7, 11) is 0. The zero-order chi connectivity index (χ0) is 23.4. The Balaban J connectivity index is 1.25. The van der Waals surface area contributed by atoms with Crippen molar-refractivity contribution in [2.24, 2.45) is 0 Å². The average Bonchev–Trinajstić information content (AvgIpc) is 3.66. The summed E-state index contributed by atoms with van der Waals surface area (Å²) in [5.74, 6) is 0.817. The molecule has 172 valence electrons. The summed E-state index contributed by atoms with van der Waals surface area (Å²) in [6.45, 7) is 4.24. The van der Waals surface area contributed by atoms with Crippen LogP contribution in [0, 0.1) is 6.92 Å². The summed E-state index contributed by atoms with van der Waals surface area (Å²) in [6.07, 6.45) is 5.50. The molecule has 0 spiro atoms. The smallest absolute Gasteiger partial charge is 0.141 e. The minimum Gasteiger partial charge on any atom is -0.367 e. The molecular formula is C31H28N4. The highest BCUT2D eigenvalue weighted by Crippen LogP contribution is 2.41. The Bertz CT molecular complexity index is 1550. The number of rotatable bonds is 4. The second-order valence-corrected chi connectivity index (χ2v) is 9.96. The predicted octanol–water partition coefficient (Wildman–Crippen LogP) is 7.04. The first-order chi connectivity index (χ1) is 17.2. The van der Waals surface area contributed by atoms with Gasteiger partial charge in [0.05, 0.1) is 5.69 Å². The zero-order valence-corrected chi connectivity index (χ0v) is 20.0. The van der Waals surface area contributed by atoms with Gasteiger partial charge in [-0.2, -0.15) is 0 Å². The van der Waals surface area contributed by atoms with E-state index in [4.69, 9.17) is 4.98 Å². The average molecular weight is 457 g/mol. The summed E-state index contributed by atoms with van der Waals surface area (Å²) in [5.41, 5.74) is 12.4. The number of fused-ring (bicyclic) bond motifs is 2. The molecule has 35 heavy (non-hydrogen) atoms. The van der Waals surface area contributed by atoms with Crippen LogP contribution in [0.5, 0.6) is 0 Å². The first-order valence-electron chi connectivity index (χ1n) is 12.6. The summed E-state index contributed by atoms with van der Waals surface area (Å²) in [4.78, 5) is 15.3. The van der Waals surface area contributed by atoms with E-state index in [1.165, 1.54) is 40.8 Å². The van der Waals surface area contributed by atoms with Crippen molar-refractivity contribution < 1.29 is 0 Å². The first-order valence-corrected chi connectivity index (χ1v) is 12.6. The van der Waals surface area contributed by atoms with E-state index >= 15 is 0 Å². The van der Waals surface area contributed by atoms with Gasteiger partial charge in [-0.05, 0) is 72.1 Å². The van der Waals surface area contributed by atoms with E-state index in [1.54, 1.807) is 11.9 Å². The van der Waals surface area contributed by atoms with Gasteiger partial charge in [-0.1, -0.05) is 60.7 Å². The molecule has 4 nitrogen and oxygen atoms in total. The molecule has 1 aliphatic heterocycles. The number of nitrogens with zero attached hydrogens (tertiary/aromatic N) is 3. The molecular weight excluding hydrogens is 428 g/mol. The van der Waals surface area contributed by atoms with Crippen LogP contribution in [0.25, 0.3) is 33.5 Å². The van der Waals surface area contributed by atoms with E-state index in [2.05, 4.69) is 88.5 Å². The van der Waals surface area contributed by atoms with Gasteiger partial charge >= 0.3 is 0 Å².